The molecule has 0 bridgehead atoms. The molecule has 4 nitrogen and oxygen atoms in total. The van der Waals surface area contributed by atoms with Gasteiger partial charge in [0.25, 0.3) is 0 Å². The lowest BCUT2D eigenvalue weighted by molar-refractivity contribution is 0.271. The van der Waals surface area contributed by atoms with Gasteiger partial charge in [-0.25, -0.2) is 0 Å². The second-order valence-electron chi connectivity index (χ2n) is 4.90. The van der Waals surface area contributed by atoms with Crippen molar-refractivity contribution in [3.8, 4) is 0 Å². The van der Waals surface area contributed by atoms with E-state index in [0.29, 0.717) is 0 Å². The normalized spacial score (nSPS) is 19.9. The third kappa shape index (κ3) is 2.12. The number of pyridine rings is 1. The standard InChI is InChI=1S/C14H20N4/c1-2-17-7-9-18(10-8-17)14-4-6-16-13-11-15-5-3-12(13)14/h4-6H,2-3,7-11H2,1H3. The van der Waals surface area contributed by atoms with E-state index in [9.17, 15) is 0 Å². The van der Waals surface area contributed by atoms with E-state index in [4.69, 9.17) is 0 Å². The second-order valence-corrected chi connectivity index (χ2v) is 4.90. The van der Waals surface area contributed by atoms with Gasteiger partial charge in [-0.2, -0.15) is 0 Å². The van der Waals surface area contributed by atoms with Gasteiger partial charge in [0.15, 0.2) is 0 Å². The predicted molar refractivity (Wildman–Crippen MR) is 74.5 cm³/mol. The molecule has 0 saturated carbocycles. The van der Waals surface area contributed by atoms with Crippen molar-refractivity contribution in [2.75, 3.05) is 37.6 Å². The van der Waals surface area contributed by atoms with E-state index in [1.165, 1.54) is 24.3 Å². The van der Waals surface area contributed by atoms with Crippen molar-refractivity contribution in [1.82, 2.24) is 9.88 Å². The summed E-state index contributed by atoms with van der Waals surface area (Å²) in [5.41, 5.74) is 3.92. The number of piperazine rings is 1. The Morgan fingerprint density at radius 2 is 2.06 bits per heavy atom. The number of aliphatic imine (C=N–C) groups is 1. The zero-order valence-electron chi connectivity index (χ0n) is 11.0. The Morgan fingerprint density at radius 1 is 1.22 bits per heavy atom. The van der Waals surface area contributed by atoms with Gasteiger partial charge >= 0.3 is 0 Å². The van der Waals surface area contributed by atoms with E-state index < -0.39 is 0 Å². The number of hydrogen-bond donors (Lipinski definition) is 0. The largest absolute Gasteiger partial charge is 0.369 e. The SMILES string of the molecule is CCN1CCN(c2ccnc3c2CC=NC3)CC1. The van der Waals surface area contributed by atoms with Gasteiger partial charge in [0.05, 0.1) is 12.2 Å². The highest BCUT2D eigenvalue weighted by Gasteiger charge is 2.20. The van der Waals surface area contributed by atoms with Crippen LogP contribution in [0.5, 0.6) is 0 Å². The maximum Gasteiger partial charge on any atom is 0.0811 e. The third-order valence-electron chi connectivity index (χ3n) is 3.95. The van der Waals surface area contributed by atoms with Crippen LogP contribution in [0.2, 0.25) is 0 Å². The number of aromatic nitrogens is 1. The summed E-state index contributed by atoms with van der Waals surface area (Å²) in [4.78, 5) is 13.8. The molecule has 1 saturated heterocycles. The van der Waals surface area contributed by atoms with Crippen LogP contribution in [0.1, 0.15) is 18.2 Å². The molecule has 1 aromatic heterocycles. The van der Waals surface area contributed by atoms with Gasteiger partial charge < -0.3 is 9.80 Å². The fourth-order valence-electron chi connectivity index (χ4n) is 2.79. The molecule has 0 amide bonds. The zero-order chi connectivity index (χ0) is 12.4. The first-order chi connectivity index (χ1) is 8.88. The van der Waals surface area contributed by atoms with Crippen molar-refractivity contribution in [2.24, 2.45) is 4.99 Å². The molecule has 1 aromatic rings. The fraction of sp³-hybridized carbons (Fsp3) is 0.571. The molecule has 2 aliphatic rings. The lowest BCUT2D eigenvalue weighted by atomic mass is 10.0. The van der Waals surface area contributed by atoms with Crippen molar-refractivity contribution in [3.05, 3.63) is 23.5 Å². The third-order valence-corrected chi connectivity index (χ3v) is 3.95. The van der Waals surface area contributed by atoms with Crippen molar-refractivity contribution in [3.63, 3.8) is 0 Å². The van der Waals surface area contributed by atoms with E-state index in [1.54, 1.807) is 0 Å². The molecule has 96 valence electrons. The highest BCUT2D eigenvalue weighted by Crippen LogP contribution is 2.26. The minimum absolute atomic E-state index is 0.748. The quantitative estimate of drug-likeness (QED) is 0.787. The summed E-state index contributed by atoms with van der Waals surface area (Å²) >= 11 is 0. The van der Waals surface area contributed by atoms with E-state index >= 15 is 0 Å². The number of rotatable bonds is 2. The van der Waals surface area contributed by atoms with E-state index in [0.717, 1.165) is 38.3 Å². The number of hydrogen-bond acceptors (Lipinski definition) is 4. The summed E-state index contributed by atoms with van der Waals surface area (Å²) in [5.74, 6) is 0. The molecule has 0 aliphatic carbocycles. The minimum Gasteiger partial charge on any atom is -0.369 e. The van der Waals surface area contributed by atoms with Crippen LogP contribution in [0.3, 0.4) is 0 Å². The van der Waals surface area contributed by atoms with Crippen LogP contribution in [0, 0.1) is 0 Å². The summed E-state index contributed by atoms with van der Waals surface area (Å²) in [6.07, 6.45) is 4.89. The van der Waals surface area contributed by atoms with Crippen molar-refractivity contribution >= 4 is 11.9 Å². The predicted octanol–water partition coefficient (Wildman–Crippen LogP) is 1.35. The monoisotopic (exact) mass is 244 g/mol. The van der Waals surface area contributed by atoms with Crippen LogP contribution in [-0.4, -0.2) is 48.8 Å². The van der Waals surface area contributed by atoms with Crippen molar-refractivity contribution in [2.45, 2.75) is 19.9 Å². The average molecular weight is 244 g/mol. The molecule has 0 atom stereocenters. The Morgan fingerprint density at radius 3 is 2.83 bits per heavy atom. The van der Waals surface area contributed by atoms with Gasteiger partial charge in [0.1, 0.15) is 0 Å². The maximum atomic E-state index is 4.46. The van der Waals surface area contributed by atoms with Gasteiger partial charge in [0, 0.05) is 56.3 Å². The molecule has 1 fully saturated rings. The van der Waals surface area contributed by atoms with Gasteiger partial charge in [-0.15, -0.1) is 0 Å². The Kier molecular flexibility index (Phi) is 3.28. The van der Waals surface area contributed by atoms with Crippen molar-refractivity contribution < 1.29 is 0 Å². The van der Waals surface area contributed by atoms with Crippen LogP contribution in [0.15, 0.2) is 17.3 Å². The average Bonchev–Trinajstić information content (AvgIpc) is 2.47. The zero-order valence-corrected chi connectivity index (χ0v) is 11.0. The molecule has 3 rings (SSSR count). The lowest BCUT2D eigenvalue weighted by Gasteiger charge is -2.36. The molecule has 0 spiro atoms. The van der Waals surface area contributed by atoms with Crippen LogP contribution in [0.25, 0.3) is 0 Å². The Labute approximate surface area is 108 Å². The highest BCUT2D eigenvalue weighted by atomic mass is 15.3. The van der Waals surface area contributed by atoms with Crippen molar-refractivity contribution in [1.29, 1.82) is 0 Å². The van der Waals surface area contributed by atoms with Crippen LogP contribution < -0.4 is 4.90 Å². The van der Waals surface area contributed by atoms with Gasteiger partial charge in [-0.3, -0.25) is 9.98 Å². The first-order valence-electron chi connectivity index (χ1n) is 6.81. The van der Waals surface area contributed by atoms with E-state index in [2.05, 4.69) is 32.8 Å². The molecule has 0 aromatic carbocycles. The molecule has 3 heterocycles. The summed E-state index contributed by atoms with van der Waals surface area (Å²) in [6.45, 7) is 8.74. The Balaban J connectivity index is 1.81. The van der Waals surface area contributed by atoms with E-state index in [-0.39, 0.29) is 0 Å². The molecule has 4 heteroatoms. The smallest absolute Gasteiger partial charge is 0.0811 e. The summed E-state index contributed by atoms with van der Waals surface area (Å²) in [6, 6.07) is 2.17. The lowest BCUT2D eigenvalue weighted by Crippen LogP contribution is -2.46. The summed E-state index contributed by atoms with van der Waals surface area (Å²) in [7, 11) is 0. The maximum absolute atomic E-state index is 4.46. The minimum atomic E-state index is 0.748. The van der Waals surface area contributed by atoms with E-state index in [1.807, 2.05) is 12.4 Å². The second kappa shape index (κ2) is 5.06. The summed E-state index contributed by atoms with van der Waals surface area (Å²) < 4.78 is 0. The van der Waals surface area contributed by atoms with Crippen LogP contribution in [0.4, 0.5) is 5.69 Å². The molecule has 2 aliphatic heterocycles. The molecule has 0 radical (unpaired) electrons. The fourth-order valence-corrected chi connectivity index (χ4v) is 2.79. The Hall–Kier alpha value is -1.42. The van der Waals surface area contributed by atoms with Gasteiger partial charge in [-0.05, 0) is 12.6 Å². The molecule has 18 heavy (non-hydrogen) atoms. The molecular formula is C14H20N4. The summed E-state index contributed by atoms with van der Waals surface area (Å²) in [5, 5.41) is 0. The van der Waals surface area contributed by atoms with Crippen LogP contribution >= 0.6 is 0 Å². The van der Waals surface area contributed by atoms with Gasteiger partial charge in [0.2, 0.25) is 0 Å². The first-order valence-corrected chi connectivity index (χ1v) is 6.81. The van der Waals surface area contributed by atoms with Crippen LogP contribution in [-0.2, 0) is 13.0 Å². The Bertz CT molecular complexity index is 447. The first kappa shape index (κ1) is 11.7. The number of nitrogens with zero attached hydrogens (tertiary/aromatic N) is 4. The number of likely N-dealkylation sites (N-methyl/N-ethyl adjacent to an activating group) is 1. The number of fused-ring (bicyclic) bond motifs is 1. The van der Waals surface area contributed by atoms with Gasteiger partial charge in [-0.1, -0.05) is 6.92 Å². The topological polar surface area (TPSA) is 31.7 Å². The molecular weight excluding hydrogens is 224 g/mol. The number of anilines is 1. The highest BCUT2D eigenvalue weighted by molar-refractivity contribution is 5.70. The molecule has 0 unspecified atom stereocenters. The molecule has 0 N–H and O–H groups in total.